The van der Waals surface area contributed by atoms with Gasteiger partial charge in [0.1, 0.15) is 24.2 Å². The van der Waals surface area contributed by atoms with Gasteiger partial charge in [-0.15, -0.1) is 0 Å². The molecule has 3 atom stereocenters. The van der Waals surface area contributed by atoms with E-state index in [4.69, 9.17) is 9.47 Å². The molecule has 0 aliphatic carbocycles. The Labute approximate surface area is 291 Å². The van der Waals surface area contributed by atoms with Gasteiger partial charge in [-0.2, -0.15) is 5.10 Å². The number of rotatable bonds is 13. The second-order valence-corrected chi connectivity index (χ2v) is 12.6. The molecule has 1 aromatic heterocycles. The van der Waals surface area contributed by atoms with E-state index in [1.54, 1.807) is 55.1 Å². The largest absolute Gasteiger partial charge is 0.460 e. The number of carbonyl (C=O) groups is 3. The van der Waals surface area contributed by atoms with E-state index in [1.165, 1.54) is 18.2 Å². The number of ether oxygens (including phenoxy) is 2. The van der Waals surface area contributed by atoms with Crippen LogP contribution in [0.2, 0.25) is 0 Å². The highest BCUT2D eigenvalue weighted by Gasteiger charge is 2.53. The molecule has 2 N–H and O–H groups in total. The fraction of sp³-hybridized carbons (Fsp3) is 0.359. The van der Waals surface area contributed by atoms with Crippen molar-refractivity contribution in [2.75, 3.05) is 0 Å². The lowest BCUT2D eigenvalue weighted by molar-refractivity contribution is -0.165. The molecule has 0 bridgehead atoms. The first-order valence-corrected chi connectivity index (χ1v) is 17.0. The van der Waals surface area contributed by atoms with Crippen LogP contribution in [-0.2, 0) is 20.9 Å². The molecular weight excluding hydrogens is 639 g/mol. The Hall–Kier alpha value is -5.32. The number of aromatic nitrogens is 2. The molecule has 0 unspecified atom stereocenters. The summed E-state index contributed by atoms with van der Waals surface area (Å²) in [4.78, 5) is 55.9. The number of hydrogen-bond donors (Lipinski definition) is 2. The molecule has 0 radical (unpaired) electrons. The maximum atomic E-state index is 14.6. The van der Waals surface area contributed by atoms with E-state index in [1.807, 2.05) is 44.2 Å². The summed E-state index contributed by atoms with van der Waals surface area (Å²) >= 11 is 0. The number of esters is 1. The van der Waals surface area contributed by atoms with Crippen molar-refractivity contribution in [2.45, 2.75) is 84.5 Å². The summed E-state index contributed by atoms with van der Waals surface area (Å²) in [5, 5.41) is 9.09. The van der Waals surface area contributed by atoms with Crippen molar-refractivity contribution in [3.63, 3.8) is 0 Å². The topological polar surface area (TPSA) is 131 Å². The Morgan fingerprint density at radius 1 is 0.980 bits per heavy atom. The van der Waals surface area contributed by atoms with Crippen LogP contribution in [0.15, 0.2) is 89.7 Å². The predicted molar refractivity (Wildman–Crippen MR) is 186 cm³/mol. The number of halogens is 1. The van der Waals surface area contributed by atoms with Gasteiger partial charge in [0, 0.05) is 17.7 Å². The number of nitrogens with one attached hydrogen (secondary N) is 2. The number of likely N-dealkylation sites (tertiary alicyclic amines) is 1. The monoisotopic (exact) mass is 682 g/mol. The molecule has 1 saturated heterocycles. The van der Waals surface area contributed by atoms with Gasteiger partial charge in [-0.1, -0.05) is 63.2 Å². The summed E-state index contributed by atoms with van der Waals surface area (Å²) in [5.74, 6) is -1.24. The highest BCUT2D eigenvalue weighted by Crippen LogP contribution is 2.48. The minimum Gasteiger partial charge on any atom is -0.460 e. The smallest absolute Gasteiger partial charge is 0.314 e. The standard InChI is InChI=1S/C39H43FN4O6/c1-5-31(41-35(45)27-16-18-30(19-17-27)50-33-22-25(4)42-43-36(33)46)37(47)44-32(28-14-11-15-29(40)23-28)20-21-34(44)39(6-2,7-3)38(48)49-24-26-12-9-8-10-13-26/h8-19,22-23,31-32,34H,5-7,20-21,24H2,1-4H3,(H,41,45)(H,43,46)/t31-,32+,34-/m1/s1. The molecule has 3 aromatic carbocycles. The minimum atomic E-state index is -1.03. The van der Waals surface area contributed by atoms with Crippen LogP contribution in [0.1, 0.15) is 86.1 Å². The highest BCUT2D eigenvalue weighted by molar-refractivity contribution is 5.98. The Morgan fingerprint density at radius 3 is 2.36 bits per heavy atom. The lowest BCUT2D eigenvalue weighted by Gasteiger charge is -2.43. The maximum absolute atomic E-state index is 14.6. The number of aromatic amines is 1. The van der Waals surface area contributed by atoms with Gasteiger partial charge in [-0.25, -0.2) is 9.49 Å². The molecule has 2 heterocycles. The summed E-state index contributed by atoms with van der Waals surface area (Å²) in [6.45, 7) is 7.46. The molecular formula is C39H43FN4O6. The molecule has 5 rings (SSSR count). The Balaban J connectivity index is 1.40. The van der Waals surface area contributed by atoms with Crippen LogP contribution in [0.25, 0.3) is 0 Å². The lowest BCUT2D eigenvalue weighted by atomic mass is 9.74. The number of aryl methyl sites for hydroxylation is 1. The molecule has 1 aliphatic heterocycles. The van der Waals surface area contributed by atoms with E-state index in [0.717, 1.165) is 5.56 Å². The van der Waals surface area contributed by atoms with Gasteiger partial charge in [-0.05, 0) is 86.6 Å². The van der Waals surface area contributed by atoms with Crippen molar-refractivity contribution < 1.29 is 28.2 Å². The van der Waals surface area contributed by atoms with Gasteiger partial charge in [0.25, 0.3) is 5.91 Å². The van der Waals surface area contributed by atoms with E-state index in [-0.39, 0.29) is 30.2 Å². The summed E-state index contributed by atoms with van der Waals surface area (Å²) in [5.41, 5.74) is 0.819. The molecule has 262 valence electrons. The summed E-state index contributed by atoms with van der Waals surface area (Å²) < 4.78 is 26.1. The van der Waals surface area contributed by atoms with Crippen molar-refractivity contribution >= 4 is 17.8 Å². The fourth-order valence-corrected chi connectivity index (χ4v) is 6.83. The second-order valence-electron chi connectivity index (χ2n) is 12.6. The van der Waals surface area contributed by atoms with Gasteiger partial charge in [-0.3, -0.25) is 19.2 Å². The Bertz CT molecular complexity index is 1860. The summed E-state index contributed by atoms with van der Waals surface area (Å²) in [6.07, 6.45) is 2.13. The third-order valence-corrected chi connectivity index (χ3v) is 9.65. The van der Waals surface area contributed by atoms with Crippen molar-refractivity contribution in [3.05, 3.63) is 123 Å². The van der Waals surface area contributed by atoms with Crippen molar-refractivity contribution in [1.29, 1.82) is 0 Å². The number of H-pyrrole nitrogens is 1. The average molecular weight is 683 g/mol. The third kappa shape index (κ3) is 7.77. The molecule has 50 heavy (non-hydrogen) atoms. The van der Waals surface area contributed by atoms with E-state index >= 15 is 0 Å². The highest BCUT2D eigenvalue weighted by atomic mass is 19.1. The van der Waals surface area contributed by atoms with Crippen LogP contribution in [0, 0.1) is 18.2 Å². The zero-order chi connectivity index (χ0) is 35.8. The number of hydrogen-bond acceptors (Lipinski definition) is 7. The minimum absolute atomic E-state index is 0.0681. The van der Waals surface area contributed by atoms with Crippen molar-refractivity contribution in [2.24, 2.45) is 5.41 Å². The van der Waals surface area contributed by atoms with E-state index in [0.29, 0.717) is 42.7 Å². The zero-order valence-electron chi connectivity index (χ0n) is 28.8. The van der Waals surface area contributed by atoms with Crippen molar-refractivity contribution in [1.82, 2.24) is 20.4 Å². The first kappa shape index (κ1) is 36.0. The molecule has 11 heteroatoms. The molecule has 1 fully saturated rings. The molecule has 1 aliphatic rings. The predicted octanol–water partition coefficient (Wildman–Crippen LogP) is 6.80. The summed E-state index contributed by atoms with van der Waals surface area (Å²) in [6, 6.07) is 21.3. The van der Waals surface area contributed by atoms with E-state index in [2.05, 4.69) is 15.5 Å². The van der Waals surface area contributed by atoms with E-state index in [9.17, 15) is 23.6 Å². The second kappa shape index (κ2) is 15.9. The Kier molecular flexibility index (Phi) is 11.5. The fourth-order valence-electron chi connectivity index (χ4n) is 6.83. The van der Waals surface area contributed by atoms with Gasteiger partial charge in [0.05, 0.1) is 17.2 Å². The number of amides is 2. The molecule has 2 amide bonds. The third-order valence-electron chi connectivity index (χ3n) is 9.65. The zero-order valence-corrected chi connectivity index (χ0v) is 28.8. The van der Waals surface area contributed by atoms with Crippen LogP contribution in [-0.4, -0.2) is 45.0 Å². The number of carbonyl (C=O) groups excluding carboxylic acids is 3. The number of nitrogens with zero attached hydrogens (tertiary/aromatic N) is 2. The SMILES string of the molecule is CC[C@@H](NC(=O)c1ccc(Oc2cc(C)n[nH]c2=O)cc1)C(=O)N1[C@H](c2cccc(F)c2)CC[C@@H]1C(CC)(CC)C(=O)OCc1ccccc1. The molecule has 10 nitrogen and oxygen atoms in total. The first-order chi connectivity index (χ1) is 24.1. The van der Waals surface area contributed by atoms with Crippen LogP contribution in [0.4, 0.5) is 4.39 Å². The summed E-state index contributed by atoms with van der Waals surface area (Å²) in [7, 11) is 0. The molecule has 0 saturated carbocycles. The molecule has 4 aromatic rings. The van der Waals surface area contributed by atoms with E-state index < -0.39 is 46.8 Å². The van der Waals surface area contributed by atoms with Crippen LogP contribution in [0.5, 0.6) is 11.5 Å². The Morgan fingerprint density at radius 2 is 1.70 bits per heavy atom. The van der Waals surface area contributed by atoms with Crippen LogP contribution < -0.4 is 15.6 Å². The normalized spacial score (nSPS) is 16.5. The first-order valence-electron chi connectivity index (χ1n) is 17.0. The van der Waals surface area contributed by atoms with Gasteiger partial charge >= 0.3 is 11.5 Å². The lowest BCUT2D eigenvalue weighted by Crippen LogP contribution is -2.56. The van der Waals surface area contributed by atoms with Crippen molar-refractivity contribution in [3.8, 4) is 11.5 Å². The average Bonchev–Trinajstić information content (AvgIpc) is 3.58. The van der Waals surface area contributed by atoms with Gasteiger partial charge < -0.3 is 19.7 Å². The van der Waals surface area contributed by atoms with Crippen LogP contribution >= 0.6 is 0 Å². The molecule has 0 spiro atoms. The maximum Gasteiger partial charge on any atom is 0.314 e. The van der Waals surface area contributed by atoms with Crippen LogP contribution in [0.3, 0.4) is 0 Å². The quantitative estimate of drug-likeness (QED) is 0.148. The van der Waals surface area contributed by atoms with Gasteiger partial charge in [0.2, 0.25) is 5.91 Å². The number of benzene rings is 3. The van der Waals surface area contributed by atoms with Gasteiger partial charge in [0.15, 0.2) is 5.75 Å².